The number of aryl methyl sites for hydroxylation is 4. The Balaban J connectivity index is 0.000000418. The van der Waals surface area contributed by atoms with E-state index in [1.807, 2.05) is 20.8 Å². The number of likely N-dealkylation sites (N-methyl/N-ethyl adjacent to an activating group) is 1. The highest BCUT2D eigenvalue weighted by molar-refractivity contribution is 5.85. The van der Waals surface area contributed by atoms with Crippen molar-refractivity contribution in [1.29, 1.82) is 0 Å². The van der Waals surface area contributed by atoms with Gasteiger partial charge in [0.05, 0.1) is 44.4 Å². The second-order valence-electron chi connectivity index (χ2n) is 12.8. The van der Waals surface area contributed by atoms with Crippen LogP contribution in [0.4, 0.5) is 0 Å². The monoisotopic (exact) mass is 719 g/mol. The average molecular weight is 720 g/mol. The minimum absolute atomic E-state index is 0.0355. The van der Waals surface area contributed by atoms with Crippen LogP contribution < -0.4 is 0 Å². The number of ether oxygens (including phenoxy) is 2. The zero-order valence-corrected chi connectivity index (χ0v) is 33.9. The summed E-state index contributed by atoms with van der Waals surface area (Å²) in [6.07, 6.45) is 5.66. The minimum atomic E-state index is 0.0355. The van der Waals surface area contributed by atoms with E-state index in [2.05, 4.69) is 82.7 Å². The number of nitrogens with one attached hydrogen (secondary N) is 2. The first kappa shape index (κ1) is 44.3. The normalized spacial score (nSPS) is 13.2. The van der Waals surface area contributed by atoms with Gasteiger partial charge in [-0.3, -0.25) is 9.78 Å². The number of H-pyrrole nitrogens is 2. The second-order valence-corrected chi connectivity index (χ2v) is 12.8. The number of fused-ring (bicyclic) bond motifs is 8. The Labute approximate surface area is 311 Å². The minimum Gasteiger partial charge on any atom is -0.400 e. The van der Waals surface area contributed by atoms with Gasteiger partial charge >= 0.3 is 0 Å². The number of rotatable bonds is 11. The lowest BCUT2D eigenvalue weighted by Crippen LogP contribution is -2.29. The lowest BCUT2D eigenvalue weighted by Gasteiger charge is -2.15. The van der Waals surface area contributed by atoms with Gasteiger partial charge in [0, 0.05) is 66.5 Å². The van der Waals surface area contributed by atoms with Gasteiger partial charge in [0.15, 0.2) is 0 Å². The molecule has 288 valence electrons. The number of aromatic nitrogens is 4. The fourth-order valence-corrected chi connectivity index (χ4v) is 6.35. The third kappa shape index (κ3) is 11.3. The quantitative estimate of drug-likeness (QED) is 0.149. The van der Waals surface area contributed by atoms with Gasteiger partial charge in [-0.2, -0.15) is 0 Å². The van der Waals surface area contributed by atoms with Gasteiger partial charge in [-0.15, -0.1) is 0 Å². The highest BCUT2D eigenvalue weighted by Gasteiger charge is 2.20. The van der Waals surface area contributed by atoms with Gasteiger partial charge in [-0.05, 0) is 105 Å². The molecule has 52 heavy (non-hydrogen) atoms. The van der Waals surface area contributed by atoms with Crippen LogP contribution in [0.25, 0.3) is 33.7 Å². The fourth-order valence-electron chi connectivity index (χ4n) is 6.35. The molecule has 1 amide bonds. The van der Waals surface area contributed by atoms with Crippen molar-refractivity contribution in [3.05, 3.63) is 68.8 Å². The van der Waals surface area contributed by atoms with Gasteiger partial charge in [0.1, 0.15) is 0 Å². The van der Waals surface area contributed by atoms with Gasteiger partial charge in [0.25, 0.3) is 0 Å². The van der Waals surface area contributed by atoms with Crippen molar-refractivity contribution in [1.82, 2.24) is 24.8 Å². The van der Waals surface area contributed by atoms with E-state index in [9.17, 15) is 4.79 Å². The first-order valence-corrected chi connectivity index (χ1v) is 18.9. The van der Waals surface area contributed by atoms with Crippen LogP contribution in [0.15, 0.2) is 18.2 Å². The summed E-state index contributed by atoms with van der Waals surface area (Å²) in [6.45, 7) is 23.8. The molecule has 0 fully saturated rings. The molecule has 0 aliphatic carbocycles. The van der Waals surface area contributed by atoms with Gasteiger partial charge in [-0.1, -0.05) is 41.5 Å². The van der Waals surface area contributed by atoms with Crippen LogP contribution in [0.3, 0.4) is 0 Å². The van der Waals surface area contributed by atoms with Crippen LogP contribution in [-0.4, -0.2) is 94.7 Å². The molecule has 5 rings (SSSR count). The summed E-state index contributed by atoms with van der Waals surface area (Å²) in [4.78, 5) is 30.3. The molecule has 10 heteroatoms. The summed E-state index contributed by atoms with van der Waals surface area (Å²) >= 11 is 0. The Morgan fingerprint density at radius 2 is 1.38 bits per heavy atom. The van der Waals surface area contributed by atoms with Crippen LogP contribution in [0.1, 0.15) is 111 Å². The highest BCUT2D eigenvalue weighted by atomic mass is 16.5. The summed E-state index contributed by atoms with van der Waals surface area (Å²) in [7, 11) is 2.76. The molecule has 1 unspecified atom stereocenters. The van der Waals surface area contributed by atoms with Crippen LogP contribution in [-0.2, 0) is 33.5 Å². The third-order valence-corrected chi connectivity index (χ3v) is 9.46. The molecule has 10 nitrogen and oxygen atoms in total. The van der Waals surface area contributed by atoms with E-state index in [0.29, 0.717) is 45.3 Å². The molecule has 2 aliphatic heterocycles. The molecule has 0 saturated carbocycles. The smallest absolute Gasteiger partial charge is 0.222 e. The van der Waals surface area contributed by atoms with E-state index < -0.39 is 0 Å². The summed E-state index contributed by atoms with van der Waals surface area (Å²) in [5, 5.41) is 15.4. The Hall–Kier alpha value is -3.83. The molecule has 0 aromatic carbocycles. The van der Waals surface area contributed by atoms with Gasteiger partial charge in [0.2, 0.25) is 5.91 Å². The lowest BCUT2D eigenvalue weighted by molar-refractivity contribution is -0.130. The molecule has 1 atom stereocenters. The van der Waals surface area contributed by atoms with Gasteiger partial charge in [-0.25, -0.2) is 4.98 Å². The number of aromatic amines is 2. The molecule has 8 bridgehead atoms. The van der Waals surface area contributed by atoms with E-state index in [1.165, 1.54) is 49.9 Å². The van der Waals surface area contributed by atoms with Crippen molar-refractivity contribution < 1.29 is 24.5 Å². The van der Waals surface area contributed by atoms with Crippen molar-refractivity contribution in [2.24, 2.45) is 0 Å². The molecular formula is C42H65N5O5. The molecule has 3 aromatic rings. The maximum Gasteiger partial charge on any atom is 0.222 e. The molecular weight excluding hydrogens is 654 g/mol. The SMILES string of the molecule is CC.CCC(=O)N(C)CCOCCOCCO.CCc1c(C)c2cc3[nH]c(cc4nc(c(C)c5nc(cc1[nH]2)C(C)=C5)CC4C)c(C)c3CC.CO. The van der Waals surface area contributed by atoms with E-state index in [4.69, 9.17) is 29.7 Å². The zero-order chi connectivity index (χ0) is 39.0. The summed E-state index contributed by atoms with van der Waals surface area (Å²) in [5.74, 6) is 0.517. The first-order valence-electron chi connectivity index (χ1n) is 18.9. The number of allylic oxidation sites excluding steroid dienone is 1. The fraction of sp³-hybridized carbons (Fsp3) is 0.548. The number of carbonyl (C=O) groups is 1. The first-order chi connectivity index (χ1) is 25.0. The largest absolute Gasteiger partial charge is 0.400 e. The Morgan fingerprint density at radius 3 is 1.94 bits per heavy atom. The van der Waals surface area contributed by atoms with Crippen molar-refractivity contribution in [3.8, 4) is 0 Å². The molecule has 0 saturated heterocycles. The van der Waals surface area contributed by atoms with E-state index in [-0.39, 0.29) is 12.5 Å². The van der Waals surface area contributed by atoms with Crippen molar-refractivity contribution in [2.45, 2.75) is 101 Å². The Bertz CT molecular complexity index is 1790. The van der Waals surface area contributed by atoms with E-state index in [1.54, 1.807) is 11.9 Å². The lowest BCUT2D eigenvalue weighted by atomic mass is 10.0. The summed E-state index contributed by atoms with van der Waals surface area (Å²) in [6, 6.07) is 6.76. The third-order valence-electron chi connectivity index (χ3n) is 9.46. The molecule has 2 aliphatic rings. The standard InChI is InChI=1S/C29H34N4.C10H21NO4.C2H6.CH4O/c1-8-20-18(6)27-14-29-21(9-2)17(5)26(32-29)12-22-15(3)10-24(30-22)19(7)25-11-16(4)23(31-25)13-28(20)33-27;1-3-10(13)11(2)4-6-14-8-9-15-7-5-12;2*1-2/h11-15,32-33H,8-10H2,1-7H3;12H,3-9H2,1-2H3;1-2H3;2H,1H3. The van der Waals surface area contributed by atoms with Crippen molar-refractivity contribution in [2.75, 3.05) is 53.7 Å². The summed E-state index contributed by atoms with van der Waals surface area (Å²) < 4.78 is 10.2. The van der Waals surface area contributed by atoms with Crippen LogP contribution in [0.2, 0.25) is 0 Å². The molecule has 0 spiro atoms. The predicted octanol–water partition coefficient (Wildman–Crippen LogP) is 7.79. The Morgan fingerprint density at radius 1 is 0.827 bits per heavy atom. The zero-order valence-electron chi connectivity index (χ0n) is 33.9. The van der Waals surface area contributed by atoms with Crippen LogP contribution >= 0.6 is 0 Å². The predicted molar refractivity (Wildman–Crippen MR) is 216 cm³/mol. The maximum atomic E-state index is 11.1. The molecule has 4 N–H and O–H groups in total. The van der Waals surface area contributed by atoms with E-state index in [0.717, 1.165) is 54.7 Å². The maximum absolute atomic E-state index is 11.1. The highest BCUT2D eigenvalue weighted by Crippen LogP contribution is 2.31. The second kappa shape index (κ2) is 22.3. The molecule has 3 aromatic heterocycles. The average Bonchev–Trinajstić information content (AvgIpc) is 3.88. The topological polar surface area (TPSA) is 137 Å². The number of amides is 1. The van der Waals surface area contributed by atoms with Crippen LogP contribution in [0.5, 0.6) is 0 Å². The molecule has 5 heterocycles. The molecule has 0 radical (unpaired) electrons. The van der Waals surface area contributed by atoms with Crippen LogP contribution in [0, 0.1) is 20.8 Å². The van der Waals surface area contributed by atoms with Crippen molar-refractivity contribution in [3.63, 3.8) is 0 Å². The number of hydrogen-bond acceptors (Lipinski definition) is 7. The number of hydrogen-bond donors (Lipinski definition) is 4. The summed E-state index contributed by atoms with van der Waals surface area (Å²) in [5.41, 5.74) is 16.8. The Kier molecular flexibility index (Phi) is 19.0. The number of nitrogens with zero attached hydrogens (tertiary/aromatic N) is 3. The van der Waals surface area contributed by atoms with E-state index >= 15 is 0 Å². The number of aliphatic hydroxyl groups excluding tert-OH is 2. The number of carbonyl (C=O) groups excluding carboxylic acids is 1. The van der Waals surface area contributed by atoms with Gasteiger partial charge < -0.3 is 34.6 Å². The number of aliphatic hydroxyl groups is 2. The van der Waals surface area contributed by atoms with Crippen molar-refractivity contribution >= 4 is 39.6 Å².